The standard InChI is InChI=1S/C13H10BrFO2/c1-17-13-3-2-8(6-12(13)15)9-4-10(14)7-11(16)5-9/h2-7,16H,1H3. The highest BCUT2D eigenvalue weighted by Gasteiger charge is 2.06. The molecule has 0 amide bonds. The number of methoxy groups -OCH3 is 1. The SMILES string of the molecule is COc1ccc(-c2cc(O)cc(Br)c2)cc1F. The number of phenols is 1. The van der Waals surface area contributed by atoms with Crippen molar-refractivity contribution in [1.82, 2.24) is 0 Å². The Morgan fingerprint density at radius 3 is 2.47 bits per heavy atom. The second-order valence-electron chi connectivity index (χ2n) is 3.55. The second-order valence-corrected chi connectivity index (χ2v) is 4.46. The van der Waals surface area contributed by atoms with Crippen molar-refractivity contribution >= 4 is 15.9 Å². The van der Waals surface area contributed by atoms with Crippen molar-refractivity contribution in [3.8, 4) is 22.6 Å². The van der Waals surface area contributed by atoms with Crippen molar-refractivity contribution in [2.24, 2.45) is 0 Å². The average Bonchev–Trinajstić information content (AvgIpc) is 2.27. The summed E-state index contributed by atoms with van der Waals surface area (Å²) in [5.41, 5.74) is 1.42. The normalized spacial score (nSPS) is 10.3. The van der Waals surface area contributed by atoms with Crippen molar-refractivity contribution < 1.29 is 14.2 Å². The third kappa shape index (κ3) is 2.58. The van der Waals surface area contributed by atoms with E-state index < -0.39 is 5.82 Å². The zero-order valence-corrected chi connectivity index (χ0v) is 10.7. The summed E-state index contributed by atoms with van der Waals surface area (Å²) in [5, 5.41) is 9.48. The summed E-state index contributed by atoms with van der Waals surface area (Å²) in [7, 11) is 1.42. The summed E-state index contributed by atoms with van der Waals surface area (Å²) in [6.07, 6.45) is 0. The van der Waals surface area contributed by atoms with Crippen LogP contribution in [0.1, 0.15) is 0 Å². The lowest BCUT2D eigenvalue weighted by Crippen LogP contribution is -1.88. The van der Waals surface area contributed by atoms with E-state index in [-0.39, 0.29) is 11.5 Å². The fraction of sp³-hybridized carbons (Fsp3) is 0.0769. The van der Waals surface area contributed by atoms with E-state index in [2.05, 4.69) is 15.9 Å². The number of hydrogen-bond acceptors (Lipinski definition) is 2. The Balaban J connectivity index is 2.49. The lowest BCUT2D eigenvalue weighted by molar-refractivity contribution is 0.386. The van der Waals surface area contributed by atoms with Crippen molar-refractivity contribution in [1.29, 1.82) is 0 Å². The summed E-state index contributed by atoms with van der Waals surface area (Å²) in [4.78, 5) is 0. The van der Waals surface area contributed by atoms with E-state index in [9.17, 15) is 9.50 Å². The van der Waals surface area contributed by atoms with Crippen LogP contribution in [0.2, 0.25) is 0 Å². The van der Waals surface area contributed by atoms with Crippen LogP contribution in [0.4, 0.5) is 4.39 Å². The highest BCUT2D eigenvalue weighted by atomic mass is 79.9. The maximum absolute atomic E-state index is 13.5. The predicted molar refractivity (Wildman–Crippen MR) is 67.8 cm³/mol. The Bertz CT molecular complexity index is 535. The van der Waals surface area contributed by atoms with Gasteiger partial charge in [0.25, 0.3) is 0 Å². The minimum Gasteiger partial charge on any atom is -0.508 e. The summed E-state index contributed by atoms with van der Waals surface area (Å²) < 4.78 is 19.1. The highest BCUT2D eigenvalue weighted by molar-refractivity contribution is 9.10. The maximum atomic E-state index is 13.5. The van der Waals surface area contributed by atoms with Crippen LogP contribution < -0.4 is 4.74 Å². The third-order valence-electron chi connectivity index (χ3n) is 2.37. The van der Waals surface area contributed by atoms with Crippen LogP contribution in [0.3, 0.4) is 0 Å². The Morgan fingerprint density at radius 2 is 1.88 bits per heavy atom. The topological polar surface area (TPSA) is 29.5 Å². The van der Waals surface area contributed by atoms with Gasteiger partial charge in [-0.15, -0.1) is 0 Å². The number of phenolic OH excluding ortho intramolecular Hbond substituents is 1. The molecule has 0 aliphatic rings. The number of rotatable bonds is 2. The minimum absolute atomic E-state index is 0.130. The van der Waals surface area contributed by atoms with Gasteiger partial charge in [-0.2, -0.15) is 0 Å². The molecule has 2 aromatic carbocycles. The predicted octanol–water partition coefficient (Wildman–Crippen LogP) is 3.97. The van der Waals surface area contributed by atoms with E-state index in [0.717, 1.165) is 10.0 Å². The van der Waals surface area contributed by atoms with Gasteiger partial charge in [0.1, 0.15) is 5.75 Å². The van der Waals surface area contributed by atoms with Crippen LogP contribution in [0.25, 0.3) is 11.1 Å². The van der Waals surface area contributed by atoms with Gasteiger partial charge >= 0.3 is 0 Å². The molecule has 0 aliphatic carbocycles. The van der Waals surface area contributed by atoms with Crippen molar-refractivity contribution in [3.05, 3.63) is 46.7 Å². The number of benzene rings is 2. The number of aromatic hydroxyl groups is 1. The van der Waals surface area contributed by atoms with Crippen LogP contribution in [0.15, 0.2) is 40.9 Å². The molecule has 0 saturated carbocycles. The summed E-state index contributed by atoms with van der Waals surface area (Å²) in [5.74, 6) is -0.0944. The molecule has 88 valence electrons. The smallest absolute Gasteiger partial charge is 0.165 e. The first-order valence-electron chi connectivity index (χ1n) is 4.93. The number of ether oxygens (including phenoxy) is 1. The van der Waals surface area contributed by atoms with Gasteiger partial charge in [0.05, 0.1) is 7.11 Å². The molecule has 4 heteroatoms. The van der Waals surface area contributed by atoms with E-state index in [1.54, 1.807) is 30.3 Å². The molecule has 0 heterocycles. The molecule has 0 saturated heterocycles. The molecular formula is C13H10BrFO2. The van der Waals surface area contributed by atoms with Gasteiger partial charge in [0.15, 0.2) is 11.6 Å². The highest BCUT2D eigenvalue weighted by Crippen LogP contribution is 2.30. The van der Waals surface area contributed by atoms with E-state index in [1.807, 2.05) is 0 Å². The maximum Gasteiger partial charge on any atom is 0.165 e. The van der Waals surface area contributed by atoms with E-state index in [0.29, 0.717) is 5.56 Å². The zero-order chi connectivity index (χ0) is 12.4. The molecule has 0 atom stereocenters. The van der Waals surface area contributed by atoms with Crippen molar-refractivity contribution in [3.63, 3.8) is 0 Å². The Labute approximate surface area is 107 Å². The molecule has 0 bridgehead atoms. The fourth-order valence-electron chi connectivity index (χ4n) is 1.59. The molecule has 0 fully saturated rings. The Kier molecular flexibility index (Phi) is 3.33. The van der Waals surface area contributed by atoms with Crippen LogP contribution in [0, 0.1) is 5.82 Å². The first-order valence-corrected chi connectivity index (χ1v) is 5.73. The van der Waals surface area contributed by atoms with Gasteiger partial charge in [-0.3, -0.25) is 0 Å². The first-order chi connectivity index (χ1) is 8.10. The molecule has 0 aromatic heterocycles. The lowest BCUT2D eigenvalue weighted by atomic mass is 10.1. The van der Waals surface area contributed by atoms with Crippen molar-refractivity contribution in [2.75, 3.05) is 7.11 Å². The van der Waals surface area contributed by atoms with E-state index >= 15 is 0 Å². The largest absolute Gasteiger partial charge is 0.508 e. The molecule has 0 aliphatic heterocycles. The van der Waals surface area contributed by atoms with Gasteiger partial charge in [-0.05, 0) is 41.5 Å². The molecule has 2 aromatic rings. The molecule has 2 rings (SSSR count). The van der Waals surface area contributed by atoms with Gasteiger partial charge in [-0.25, -0.2) is 4.39 Å². The van der Waals surface area contributed by atoms with E-state index in [4.69, 9.17) is 4.74 Å². The monoisotopic (exact) mass is 296 g/mol. The minimum atomic E-state index is -0.426. The van der Waals surface area contributed by atoms with Crippen LogP contribution >= 0.6 is 15.9 Å². The Morgan fingerprint density at radius 1 is 1.12 bits per heavy atom. The third-order valence-corrected chi connectivity index (χ3v) is 2.83. The molecule has 0 unspecified atom stereocenters. The number of hydrogen-bond donors (Lipinski definition) is 1. The molecule has 0 spiro atoms. The van der Waals surface area contributed by atoms with Gasteiger partial charge in [-0.1, -0.05) is 22.0 Å². The molecule has 0 radical (unpaired) electrons. The summed E-state index contributed by atoms with van der Waals surface area (Å²) in [6, 6.07) is 9.63. The second kappa shape index (κ2) is 4.75. The summed E-state index contributed by atoms with van der Waals surface area (Å²) in [6.45, 7) is 0. The van der Waals surface area contributed by atoms with E-state index in [1.165, 1.54) is 13.2 Å². The lowest BCUT2D eigenvalue weighted by Gasteiger charge is -2.06. The first kappa shape index (κ1) is 11.9. The average molecular weight is 297 g/mol. The fourth-order valence-corrected chi connectivity index (χ4v) is 2.07. The molecule has 1 N–H and O–H groups in total. The van der Waals surface area contributed by atoms with Crippen LogP contribution in [-0.2, 0) is 0 Å². The Hall–Kier alpha value is -1.55. The van der Waals surface area contributed by atoms with Crippen LogP contribution in [-0.4, -0.2) is 12.2 Å². The van der Waals surface area contributed by atoms with Gasteiger partial charge < -0.3 is 9.84 Å². The summed E-state index contributed by atoms with van der Waals surface area (Å²) >= 11 is 3.28. The molecule has 17 heavy (non-hydrogen) atoms. The quantitative estimate of drug-likeness (QED) is 0.909. The van der Waals surface area contributed by atoms with Gasteiger partial charge in [0, 0.05) is 4.47 Å². The number of halogens is 2. The van der Waals surface area contributed by atoms with Crippen LogP contribution in [0.5, 0.6) is 11.5 Å². The van der Waals surface area contributed by atoms with Gasteiger partial charge in [0.2, 0.25) is 0 Å². The molecular weight excluding hydrogens is 287 g/mol. The van der Waals surface area contributed by atoms with Crippen molar-refractivity contribution in [2.45, 2.75) is 0 Å². The zero-order valence-electron chi connectivity index (χ0n) is 9.08. The molecule has 2 nitrogen and oxygen atoms in total.